The number of carbonyl (C=O) groups is 2. The van der Waals surface area contributed by atoms with E-state index in [0.29, 0.717) is 0 Å². The van der Waals surface area contributed by atoms with E-state index < -0.39 is 27.8 Å². The van der Waals surface area contributed by atoms with E-state index in [1.54, 1.807) is 6.92 Å². The molecule has 150 valence electrons. The van der Waals surface area contributed by atoms with Crippen LogP contribution < -0.4 is 15.4 Å². The maximum Gasteiger partial charge on any atom is 0.407 e. The lowest BCUT2D eigenvalue weighted by atomic mass is 10.2. The minimum absolute atomic E-state index is 0.115. The molecule has 28 heavy (non-hydrogen) atoms. The molecule has 0 heterocycles. The van der Waals surface area contributed by atoms with Gasteiger partial charge in [0.1, 0.15) is 5.82 Å². The molecule has 0 aliphatic heterocycles. The maximum atomic E-state index is 13.6. The smallest absolute Gasteiger partial charge is 0.407 e. The summed E-state index contributed by atoms with van der Waals surface area (Å²) < 4.78 is 45.1. The Morgan fingerprint density at radius 1 is 1.00 bits per heavy atom. The van der Waals surface area contributed by atoms with E-state index in [1.165, 1.54) is 42.5 Å². The van der Waals surface area contributed by atoms with Crippen molar-refractivity contribution in [2.75, 3.05) is 24.4 Å². The Kier molecular flexibility index (Phi) is 7.33. The zero-order valence-electron chi connectivity index (χ0n) is 15.1. The van der Waals surface area contributed by atoms with Gasteiger partial charge in [-0.3, -0.25) is 9.52 Å². The van der Waals surface area contributed by atoms with Crippen LogP contribution >= 0.6 is 0 Å². The van der Waals surface area contributed by atoms with Crippen LogP contribution in [0.5, 0.6) is 0 Å². The van der Waals surface area contributed by atoms with Crippen LogP contribution in [0, 0.1) is 5.82 Å². The number of alkyl carbamates (subject to hydrolysis) is 1. The van der Waals surface area contributed by atoms with Crippen molar-refractivity contribution >= 4 is 27.7 Å². The highest BCUT2D eigenvalue weighted by molar-refractivity contribution is 7.92. The lowest BCUT2D eigenvalue weighted by molar-refractivity contribution is 0.0952. The Morgan fingerprint density at radius 3 is 2.29 bits per heavy atom. The van der Waals surface area contributed by atoms with Gasteiger partial charge in [0.2, 0.25) is 0 Å². The number of hydrogen-bond acceptors (Lipinski definition) is 5. The van der Waals surface area contributed by atoms with Gasteiger partial charge < -0.3 is 15.4 Å². The summed E-state index contributed by atoms with van der Waals surface area (Å²) in [6.45, 7) is 2.28. The van der Waals surface area contributed by atoms with Crippen molar-refractivity contribution in [1.29, 1.82) is 0 Å². The topological polar surface area (TPSA) is 114 Å². The lowest BCUT2D eigenvalue weighted by Gasteiger charge is -2.10. The molecule has 2 rings (SSSR count). The molecule has 10 heteroatoms. The molecule has 0 saturated carbocycles. The van der Waals surface area contributed by atoms with Gasteiger partial charge in [0.15, 0.2) is 0 Å². The number of carbonyl (C=O) groups excluding carboxylic acids is 2. The molecule has 2 amide bonds. The van der Waals surface area contributed by atoms with Gasteiger partial charge in [-0.25, -0.2) is 17.6 Å². The van der Waals surface area contributed by atoms with E-state index in [4.69, 9.17) is 0 Å². The third-order valence-corrected chi connectivity index (χ3v) is 4.88. The molecule has 0 spiro atoms. The molecule has 0 unspecified atom stereocenters. The van der Waals surface area contributed by atoms with Gasteiger partial charge in [0.25, 0.3) is 15.9 Å². The number of rotatable bonds is 8. The molecule has 3 N–H and O–H groups in total. The Hall–Kier alpha value is -3.14. The first-order valence-electron chi connectivity index (χ1n) is 8.39. The van der Waals surface area contributed by atoms with Crippen molar-refractivity contribution in [2.45, 2.75) is 11.8 Å². The number of halogens is 1. The van der Waals surface area contributed by atoms with Crippen molar-refractivity contribution in [2.24, 2.45) is 0 Å². The molecule has 2 aromatic carbocycles. The normalized spacial score (nSPS) is 10.8. The fourth-order valence-electron chi connectivity index (χ4n) is 2.16. The molecule has 0 atom stereocenters. The summed E-state index contributed by atoms with van der Waals surface area (Å²) in [5, 5.41) is 5.03. The Bertz CT molecular complexity index is 932. The monoisotopic (exact) mass is 409 g/mol. The van der Waals surface area contributed by atoms with Crippen LogP contribution in [0.15, 0.2) is 53.4 Å². The average molecular weight is 409 g/mol. The molecular weight excluding hydrogens is 389 g/mol. The number of anilines is 1. The summed E-state index contributed by atoms with van der Waals surface area (Å²) in [5.74, 6) is -1.13. The van der Waals surface area contributed by atoms with Crippen molar-refractivity contribution < 1.29 is 27.1 Å². The van der Waals surface area contributed by atoms with Crippen LogP contribution in [0.1, 0.15) is 17.3 Å². The summed E-state index contributed by atoms with van der Waals surface area (Å²) >= 11 is 0. The number of para-hydroxylation sites is 1. The molecule has 2 aromatic rings. The van der Waals surface area contributed by atoms with Crippen LogP contribution in [0.25, 0.3) is 0 Å². The number of ether oxygens (including phenoxy) is 1. The van der Waals surface area contributed by atoms with E-state index in [0.717, 1.165) is 6.07 Å². The van der Waals surface area contributed by atoms with Crippen molar-refractivity contribution in [1.82, 2.24) is 10.6 Å². The first kappa shape index (κ1) is 21.2. The minimum Gasteiger partial charge on any atom is -0.450 e. The molecular formula is C18H20FN3O5S. The standard InChI is InChI=1S/C18H20FN3O5S/c1-2-27-18(24)21-12-11-20-17(23)13-7-9-14(10-8-13)28(25,26)22-16-6-4-3-5-15(16)19/h3-10,22H,2,11-12H2,1H3,(H,20,23)(H,21,24). The van der Waals surface area contributed by atoms with E-state index >= 15 is 0 Å². The highest BCUT2D eigenvalue weighted by atomic mass is 32.2. The van der Waals surface area contributed by atoms with Gasteiger partial charge in [-0.05, 0) is 43.3 Å². The number of hydrogen-bond donors (Lipinski definition) is 3. The van der Waals surface area contributed by atoms with Gasteiger partial charge in [0.05, 0.1) is 17.2 Å². The molecule has 0 aromatic heterocycles. The van der Waals surface area contributed by atoms with Crippen LogP contribution in [0.2, 0.25) is 0 Å². The maximum absolute atomic E-state index is 13.6. The summed E-state index contributed by atoms with van der Waals surface area (Å²) in [7, 11) is -4.00. The van der Waals surface area contributed by atoms with Gasteiger partial charge >= 0.3 is 6.09 Å². The first-order valence-corrected chi connectivity index (χ1v) is 9.88. The van der Waals surface area contributed by atoms with Crippen LogP contribution in [0.4, 0.5) is 14.9 Å². The third kappa shape index (κ3) is 5.95. The number of amides is 2. The quantitative estimate of drug-likeness (QED) is 0.578. The molecule has 0 aliphatic carbocycles. The van der Waals surface area contributed by atoms with E-state index in [-0.39, 0.29) is 35.8 Å². The fourth-order valence-corrected chi connectivity index (χ4v) is 3.23. The molecule has 0 fully saturated rings. The number of sulfonamides is 1. The third-order valence-electron chi connectivity index (χ3n) is 3.50. The first-order chi connectivity index (χ1) is 13.3. The predicted molar refractivity (Wildman–Crippen MR) is 101 cm³/mol. The van der Waals surface area contributed by atoms with Crippen molar-refractivity contribution in [3.8, 4) is 0 Å². The van der Waals surface area contributed by atoms with Crippen LogP contribution in [-0.2, 0) is 14.8 Å². The summed E-state index contributed by atoms with van der Waals surface area (Å²) in [4.78, 5) is 23.0. The Morgan fingerprint density at radius 2 is 1.64 bits per heavy atom. The Balaban J connectivity index is 1.94. The van der Waals surface area contributed by atoms with E-state index in [9.17, 15) is 22.4 Å². The largest absolute Gasteiger partial charge is 0.450 e. The second kappa shape index (κ2) is 9.70. The minimum atomic E-state index is -4.00. The molecule has 0 bridgehead atoms. The van der Waals surface area contributed by atoms with Gasteiger partial charge in [-0.1, -0.05) is 12.1 Å². The highest BCUT2D eigenvalue weighted by Gasteiger charge is 2.17. The van der Waals surface area contributed by atoms with Gasteiger partial charge in [0, 0.05) is 18.7 Å². The second-order valence-electron chi connectivity index (χ2n) is 5.51. The van der Waals surface area contributed by atoms with Gasteiger partial charge in [-0.15, -0.1) is 0 Å². The SMILES string of the molecule is CCOC(=O)NCCNC(=O)c1ccc(S(=O)(=O)Nc2ccccc2F)cc1. The number of nitrogens with one attached hydrogen (secondary N) is 3. The summed E-state index contributed by atoms with van der Waals surface area (Å²) in [6.07, 6.45) is -0.575. The second-order valence-corrected chi connectivity index (χ2v) is 7.20. The predicted octanol–water partition coefficient (Wildman–Crippen LogP) is 2.10. The van der Waals surface area contributed by atoms with Crippen molar-refractivity contribution in [3.63, 3.8) is 0 Å². The zero-order chi connectivity index (χ0) is 20.6. The van der Waals surface area contributed by atoms with Crippen LogP contribution in [0.3, 0.4) is 0 Å². The summed E-state index contributed by atoms with van der Waals surface area (Å²) in [5.41, 5.74) is 0.0689. The zero-order valence-corrected chi connectivity index (χ0v) is 15.9. The summed E-state index contributed by atoms with van der Waals surface area (Å²) in [6, 6.07) is 10.6. The lowest BCUT2D eigenvalue weighted by Crippen LogP contribution is -2.35. The molecule has 0 saturated heterocycles. The van der Waals surface area contributed by atoms with Crippen LogP contribution in [-0.4, -0.2) is 40.1 Å². The number of benzene rings is 2. The fraction of sp³-hybridized carbons (Fsp3) is 0.222. The van der Waals surface area contributed by atoms with E-state index in [2.05, 4.69) is 20.1 Å². The molecule has 0 aliphatic rings. The Labute approximate surface area is 162 Å². The average Bonchev–Trinajstić information content (AvgIpc) is 2.67. The highest BCUT2D eigenvalue weighted by Crippen LogP contribution is 2.19. The molecule has 0 radical (unpaired) electrons. The van der Waals surface area contributed by atoms with E-state index in [1.807, 2.05) is 0 Å². The molecule has 8 nitrogen and oxygen atoms in total. The van der Waals surface area contributed by atoms with Crippen molar-refractivity contribution in [3.05, 3.63) is 59.9 Å². The van der Waals surface area contributed by atoms with Gasteiger partial charge in [-0.2, -0.15) is 0 Å².